The van der Waals surface area contributed by atoms with Crippen LogP contribution in [0.5, 0.6) is 0 Å². The second-order valence-corrected chi connectivity index (χ2v) is 5.99. The molecule has 0 spiro atoms. The molecule has 1 atom stereocenters. The Hall–Kier alpha value is -1.35. The van der Waals surface area contributed by atoms with Gasteiger partial charge in [-0.1, -0.05) is 55.6 Å². The van der Waals surface area contributed by atoms with Crippen LogP contribution >= 0.6 is 0 Å². The molecule has 124 valence electrons. The van der Waals surface area contributed by atoms with Crippen LogP contribution in [-0.2, 0) is 4.79 Å². The summed E-state index contributed by atoms with van der Waals surface area (Å²) in [6, 6.07) is 0. The standard InChI is InChI=1S/C19H31NO2/c1-2-3-4-5-6-7-8-9-10-19(22)20-16-15-17-11-13-18(21)14-12-17/h2,11-13,18,21H,1,3-10,14-16H2,(H,20,22). The molecule has 0 aromatic carbocycles. The Balaban J connectivity index is 1.91. The molecule has 0 saturated heterocycles. The summed E-state index contributed by atoms with van der Waals surface area (Å²) in [7, 11) is 0. The lowest BCUT2D eigenvalue weighted by Gasteiger charge is -2.11. The number of allylic oxidation sites excluding steroid dienone is 2. The van der Waals surface area contributed by atoms with E-state index >= 15 is 0 Å². The lowest BCUT2D eigenvalue weighted by atomic mass is 10.0. The second kappa shape index (κ2) is 12.2. The summed E-state index contributed by atoms with van der Waals surface area (Å²) in [6.07, 6.45) is 17.9. The molecule has 0 aromatic heterocycles. The molecule has 0 heterocycles. The van der Waals surface area contributed by atoms with Gasteiger partial charge in [-0.05, 0) is 32.1 Å². The highest BCUT2D eigenvalue weighted by Crippen LogP contribution is 2.13. The third-order valence-corrected chi connectivity index (χ3v) is 3.95. The van der Waals surface area contributed by atoms with Crippen LogP contribution in [0.4, 0.5) is 0 Å². The first-order chi connectivity index (χ1) is 10.7. The molecule has 1 aliphatic carbocycles. The summed E-state index contributed by atoms with van der Waals surface area (Å²) in [6.45, 7) is 4.41. The zero-order valence-corrected chi connectivity index (χ0v) is 13.7. The monoisotopic (exact) mass is 305 g/mol. The number of unbranched alkanes of at least 4 members (excludes halogenated alkanes) is 6. The SMILES string of the molecule is C=CCCCCCCCCC(=O)NCCC1=CCC(O)C=C1. The zero-order valence-electron chi connectivity index (χ0n) is 13.7. The molecule has 2 N–H and O–H groups in total. The maximum atomic E-state index is 11.7. The van der Waals surface area contributed by atoms with Crippen LogP contribution in [0.3, 0.4) is 0 Å². The number of aliphatic hydroxyl groups excluding tert-OH is 1. The van der Waals surface area contributed by atoms with E-state index in [1.54, 1.807) is 0 Å². The van der Waals surface area contributed by atoms with E-state index in [1.165, 1.54) is 31.3 Å². The lowest BCUT2D eigenvalue weighted by molar-refractivity contribution is -0.121. The maximum absolute atomic E-state index is 11.7. The van der Waals surface area contributed by atoms with Crippen LogP contribution in [-0.4, -0.2) is 23.7 Å². The summed E-state index contributed by atoms with van der Waals surface area (Å²) in [5, 5.41) is 12.3. The number of carbonyl (C=O) groups is 1. The van der Waals surface area contributed by atoms with E-state index in [4.69, 9.17) is 0 Å². The molecule has 0 aliphatic heterocycles. The fraction of sp³-hybridized carbons (Fsp3) is 0.632. The minimum atomic E-state index is -0.338. The number of hydrogen-bond donors (Lipinski definition) is 2. The number of hydrogen-bond acceptors (Lipinski definition) is 2. The third-order valence-electron chi connectivity index (χ3n) is 3.95. The van der Waals surface area contributed by atoms with Crippen LogP contribution in [0.1, 0.15) is 64.2 Å². The van der Waals surface area contributed by atoms with Gasteiger partial charge < -0.3 is 10.4 Å². The van der Waals surface area contributed by atoms with E-state index in [1.807, 2.05) is 24.3 Å². The summed E-state index contributed by atoms with van der Waals surface area (Å²) in [5.74, 6) is 0.159. The summed E-state index contributed by atoms with van der Waals surface area (Å²) in [4.78, 5) is 11.7. The first-order valence-electron chi connectivity index (χ1n) is 8.65. The largest absolute Gasteiger partial charge is 0.389 e. The predicted octanol–water partition coefficient (Wildman–Crippen LogP) is 4.05. The Morgan fingerprint density at radius 1 is 1.27 bits per heavy atom. The number of carbonyl (C=O) groups excluding carboxylic acids is 1. The molecule has 3 heteroatoms. The molecular weight excluding hydrogens is 274 g/mol. The Morgan fingerprint density at radius 3 is 2.68 bits per heavy atom. The van der Waals surface area contributed by atoms with Crippen molar-refractivity contribution in [1.29, 1.82) is 0 Å². The van der Waals surface area contributed by atoms with Crippen molar-refractivity contribution >= 4 is 5.91 Å². The van der Waals surface area contributed by atoms with Gasteiger partial charge in [0.05, 0.1) is 6.10 Å². The van der Waals surface area contributed by atoms with Crippen molar-refractivity contribution in [2.45, 2.75) is 70.3 Å². The fourth-order valence-corrected chi connectivity index (χ4v) is 2.55. The van der Waals surface area contributed by atoms with E-state index in [-0.39, 0.29) is 12.0 Å². The highest BCUT2D eigenvalue weighted by atomic mass is 16.3. The molecule has 0 bridgehead atoms. The number of aliphatic hydroxyl groups is 1. The van der Waals surface area contributed by atoms with Gasteiger partial charge >= 0.3 is 0 Å². The minimum absolute atomic E-state index is 0.159. The van der Waals surface area contributed by atoms with Gasteiger partial charge in [-0.15, -0.1) is 6.58 Å². The molecule has 0 fully saturated rings. The molecule has 1 aliphatic rings. The van der Waals surface area contributed by atoms with Crippen LogP contribution < -0.4 is 5.32 Å². The predicted molar refractivity (Wildman–Crippen MR) is 92.6 cm³/mol. The molecule has 1 unspecified atom stereocenters. The number of nitrogens with one attached hydrogen (secondary N) is 1. The van der Waals surface area contributed by atoms with Gasteiger partial charge in [0, 0.05) is 13.0 Å². The van der Waals surface area contributed by atoms with Crippen molar-refractivity contribution < 1.29 is 9.90 Å². The van der Waals surface area contributed by atoms with Crippen molar-refractivity contribution in [3.63, 3.8) is 0 Å². The minimum Gasteiger partial charge on any atom is -0.389 e. The van der Waals surface area contributed by atoms with Crippen LogP contribution in [0.25, 0.3) is 0 Å². The van der Waals surface area contributed by atoms with Gasteiger partial charge in [-0.2, -0.15) is 0 Å². The first kappa shape index (κ1) is 18.7. The van der Waals surface area contributed by atoms with Gasteiger partial charge in [0.15, 0.2) is 0 Å². The van der Waals surface area contributed by atoms with Crippen molar-refractivity contribution in [1.82, 2.24) is 5.32 Å². The third kappa shape index (κ3) is 9.56. The normalized spacial score (nSPS) is 17.1. The number of amides is 1. The van der Waals surface area contributed by atoms with Crippen molar-refractivity contribution in [2.24, 2.45) is 0 Å². The average Bonchev–Trinajstić information content (AvgIpc) is 2.52. The van der Waals surface area contributed by atoms with Crippen molar-refractivity contribution in [3.8, 4) is 0 Å². The Kier molecular flexibility index (Phi) is 10.4. The summed E-state index contributed by atoms with van der Waals surface area (Å²) >= 11 is 0. The number of rotatable bonds is 12. The van der Waals surface area contributed by atoms with Gasteiger partial charge in [-0.25, -0.2) is 0 Å². The first-order valence-corrected chi connectivity index (χ1v) is 8.65. The topological polar surface area (TPSA) is 49.3 Å². The quantitative estimate of drug-likeness (QED) is 0.422. The summed E-state index contributed by atoms with van der Waals surface area (Å²) < 4.78 is 0. The van der Waals surface area contributed by atoms with E-state index in [9.17, 15) is 9.90 Å². The molecule has 22 heavy (non-hydrogen) atoms. The van der Waals surface area contributed by atoms with Crippen LogP contribution in [0.2, 0.25) is 0 Å². The van der Waals surface area contributed by atoms with E-state index < -0.39 is 0 Å². The molecule has 1 amide bonds. The van der Waals surface area contributed by atoms with Gasteiger partial charge in [0.25, 0.3) is 0 Å². The highest BCUT2D eigenvalue weighted by molar-refractivity contribution is 5.75. The molecule has 0 radical (unpaired) electrons. The van der Waals surface area contributed by atoms with E-state index in [0.29, 0.717) is 19.4 Å². The zero-order chi connectivity index (χ0) is 16.0. The van der Waals surface area contributed by atoms with E-state index in [0.717, 1.165) is 25.7 Å². The maximum Gasteiger partial charge on any atom is 0.220 e. The highest BCUT2D eigenvalue weighted by Gasteiger charge is 2.05. The van der Waals surface area contributed by atoms with Crippen LogP contribution in [0, 0.1) is 0 Å². The molecular formula is C19H31NO2. The van der Waals surface area contributed by atoms with Gasteiger partial charge in [-0.3, -0.25) is 4.79 Å². The summed E-state index contributed by atoms with van der Waals surface area (Å²) in [5.41, 5.74) is 1.20. The fourth-order valence-electron chi connectivity index (χ4n) is 2.55. The van der Waals surface area contributed by atoms with Crippen molar-refractivity contribution in [3.05, 3.63) is 36.5 Å². The smallest absolute Gasteiger partial charge is 0.220 e. The average molecular weight is 305 g/mol. The van der Waals surface area contributed by atoms with E-state index in [2.05, 4.69) is 11.9 Å². The molecule has 1 rings (SSSR count). The Labute approximate surface area is 135 Å². The van der Waals surface area contributed by atoms with Crippen LogP contribution in [0.15, 0.2) is 36.5 Å². The van der Waals surface area contributed by atoms with Gasteiger partial charge in [0.1, 0.15) is 0 Å². The lowest BCUT2D eigenvalue weighted by Crippen LogP contribution is -2.24. The van der Waals surface area contributed by atoms with Gasteiger partial charge in [0.2, 0.25) is 5.91 Å². The molecule has 0 aromatic rings. The van der Waals surface area contributed by atoms with Crippen molar-refractivity contribution in [2.75, 3.05) is 6.54 Å². The molecule has 0 saturated carbocycles. The Bertz CT molecular complexity index is 385. The molecule has 3 nitrogen and oxygen atoms in total. The second-order valence-electron chi connectivity index (χ2n) is 5.99. The Morgan fingerprint density at radius 2 is 2.00 bits per heavy atom.